The van der Waals surface area contributed by atoms with Gasteiger partial charge in [0.05, 0.1) is 30.8 Å². The average molecular weight is 367 g/mol. The molecule has 4 nitrogen and oxygen atoms in total. The molecule has 0 spiro atoms. The van der Waals surface area contributed by atoms with Crippen LogP contribution in [0.4, 0.5) is 0 Å². The van der Waals surface area contributed by atoms with E-state index in [2.05, 4.69) is 18.3 Å². The summed E-state index contributed by atoms with van der Waals surface area (Å²) in [6.45, 7) is 5.23. The second-order valence-corrected chi connectivity index (χ2v) is 7.60. The number of carbonyl (C=O) groups excluding carboxylic acids is 1. The molecular weight excluding hydrogens is 342 g/mol. The largest absolute Gasteiger partial charge is 0.346 e. The van der Waals surface area contributed by atoms with Crippen molar-refractivity contribution < 1.29 is 9.69 Å². The Morgan fingerprint density at radius 2 is 1.96 bits per heavy atom. The minimum absolute atomic E-state index is 0.0371. The first-order chi connectivity index (χ1) is 12.7. The molecule has 1 unspecified atom stereocenters. The minimum Gasteiger partial charge on any atom is -0.346 e. The lowest BCUT2D eigenvalue weighted by atomic mass is 10.2. The van der Waals surface area contributed by atoms with Gasteiger partial charge in [0.15, 0.2) is 0 Å². The first kappa shape index (κ1) is 18.5. The van der Waals surface area contributed by atoms with E-state index in [-0.39, 0.29) is 5.91 Å². The second kappa shape index (κ2) is 8.88. The molecule has 1 heterocycles. The zero-order valence-electron chi connectivity index (χ0n) is 15.0. The van der Waals surface area contributed by atoms with Crippen LogP contribution in [0.2, 0.25) is 0 Å². The maximum absolute atomic E-state index is 12.8. The Bertz CT molecular complexity index is 815. The summed E-state index contributed by atoms with van der Waals surface area (Å²) in [5.74, 6) is -0.0371. The molecule has 1 aliphatic heterocycles. The van der Waals surface area contributed by atoms with Crippen LogP contribution in [-0.4, -0.2) is 31.6 Å². The molecule has 0 bridgehead atoms. The maximum atomic E-state index is 12.8. The number of carbonyl (C=O) groups is 1. The van der Waals surface area contributed by atoms with Crippen LogP contribution in [0.15, 0.2) is 58.3 Å². The molecular formula is C21H24N3OS+. The lowest BCUT2D eigenvalue weighted by molar-refractivity contribution is -0.909. The summed E-state index contributed by atoms with van der Waals surface area (Å²) in [4.78, 5) is 16.1. The Hall–Kier alpha value is -2.29. The van der Waals surface area contributed by atoms with Gasteiger partial charge in [0.1, 0.15) is 12.1 Å². The van der Waals surface area contributed by atoms with Crippen LogP contribution in [0.5, 0.6) is 0 Å². The number of nitrogens with one attached hydrogen (secondary N) is 2. The van der Waals surface area contributed by atoms with E-state index in [1.165, 1.54) is 31.1 Å². The number of nitriles is 1. The van der Waals surface area contributed by atoms with Crippen LogP contribution in [0.3, 0.4) is 0 Å². The number of likely N-dealkylation sites (N-methyl/N-ethyl adjacent to an activating group) is 1. The molecule has 134 valence electrons. The van der Waals surface area contributed by atoms with Gasteiger partial charge >= 0.3 is 0 Å². The van der Waals surface area contributed by atoms with Crippen molar-refractivity contribution in [3.8, 4) is 6.07 Å². The van der Waals surface area contributed by atoms with E-state index in [1.54, 1.807) is 11.0 Å². The molecule has 5 heteroatoms. The fourth-order valence-corrected chi connectivity index (χ4v) is 4.54. The Kier molecular flexibility index (Phi) is 6.32. The van der Waals surface area contributed by atoms with Crippen molar-refractivity contribution in [3.05, 3.63) is 59.7 Å². The smallest absolute Gasteiger partial charge is 0.252 e. The zero-order chi connectivity index (χ0) is 18.4. The first-order valence-electron chi connectivity index (χ1n) is 9.11. The molecule has 0 saturated carbocycles. The molecule has 0 aromatic heterocycles. The minimum atomic E-state index is -0.0371. The van der Waals surface area contributed by atoms with Gasteiger partial charge in [0.2, 0.25) is 0 Å². The van der Waals surface area contributed by atoms with Crippen LogP contribution < -0.4 is 10.2 Å². The topological polar surface area (TPSA) is 57.3 Å². The summed E-state index contributed by atoms with van der Waals surface area (Å²) in [5, 5.41) is 12.4. The van der Waals surface area contributed by atoms with Crippen LogP contribution in [0, 0.1) is 11.3 Å². The van der Waals surface area contributed by atoms with Crippen LogP contribution in [0.25, 0.3) is 0 Å². The van der Waals surface area contributed by atoms with Gasteiger partial charge in [-0.05, 0) is 31.2 Å². The summed E-state index contributed by atoms with van der Waals surface area (Å²) < 4.78 is 0. The normalized spacial score (nSPS) is 19.1. The number of rotatable bonds is 6. The number of hydrogen-bond donors (Lipinski definition) is 2. The van der Waals surface area contributed by atoms with Crippen molar-refractivity contribution in [2.75, 3.05) is 19.6 Å². The van der Waals surface area contributed by atoms with Gasteiger partial charge < -0.3 is 10.2 Å². The van der Waals surface area contributed by atoms with Crippen molar-refractivity contribution in [2.45, 2.75) is 35.6 Å². The Morgan fingerprint density at radius 1 is 1.23 bits per heavy atom. The SMILES string of the molecule is CC[NH+]1CCC[C@@H]1CNC(=O)c1ccccc1Sc1ccccc1C#N. The maximum Gasteiger partial charge on any atom is 0.252 e. The average Bonchev–Trinajstić information content (AvgIpc) is 3.14. The highest BCUT2D eigenvalue weighted by molar-refractivity contribution is 7.99. The van der Waals surface area contributed by atoms with E-state index >= 15 is 0 Å². The molecule has 3 rings (SSSR count). The Balaban J connectivity index is 1.72. The molecule has 2 aromatic carbocycles. The second-order valence-electron chi connectivity index (χ2n) is 6.52. The number of benzene rings is 2. The first-order valence-corrected chi connectivity index (χ1v) is 9.93. The fourth-order valence-electron chi connectivity index (χ4n) is 3.52. The predicted molar refractivity (Wildman–Crippen MR) is 103 cm³/mol. The lowest BCUT2D eigenvalue weighted by Crippen LogP contribution is -3.14. The molecule has 1 aliphatic rings. The molecule has 0 aliphatic carbocycles. The van der Waals surface area contributed by atoms with Crippen molar-refractivity contribution in [2.24, 2.45) is 0 Å². The van der Waals surface area contributed by atoms with Crippen molar-refractivity contribution in [1.82, 2.24) is 5.32 Å². The van der Waals surface area contributed by atoms with Gasteiger partial charge in [-0.2, -0.15) is 5.26 Å². The van der Waals surface area contributed by atoms with E-state index in [9.17, 15) is 10.1 Å². The van der Waals surface area contributed by atoms with Gasteiger partial charge in [0, 0.05) is 22.6 Å². The highest BCUT2D eigenvalue weighted by atomic mass is 32.2. The van der Waals surface area contributed by atoms with Gasteiger partial charge in [-0.3, -0.25) is 4.79 Å². The van der Waals surface area contributed by atoms with Crippen molar-refractivity contribution >= 4 is 17.7 Å². The van der Waals surface area contributed by atoms with E-state index in [0.717, 1.165) is 22.9 Å². The molecule has 1 saturated heterocycles. The summed E-state index contributed by atoms with van der Waals surface area (Å²) in [7, 11) is 0. The molecule has 2 N–H and O–H groups in total. The summed E-state index contributed by atoms with van der Waals surface area (Å²) in [5.41, 5.74) is 1.29. The molecule has 2 atom stereocenters. The van der Waals surface area contributed by atoms with Crippen molar-refractivity contribution in [3.63, 3.8) is 0 Å². The fraction of sp³-hybridized carbons (Fsp3) is 0.333. The van der Waals surface area contributed by atoms with Gasteiger partial charge in [-0.15, -0.1) is 0 Å². The quantitative estimate of drug-likeness (QED) is 0.826. The predicted octanol–water partition coefficient (Wildman–Crippen LogP) is 2.51. The van der Waals surface area contributed by atoms with Gasteiger partial charge in [0.25, 0.3) is 5.91 Å². The molecule has 0 radical (unpaired) electrons. The summed E-state index contributed by atoms with van der Waals surface area (Å²) in [6, 6.07) is 17.8. The van der Waals surface area contributed by atoms with Crippen LogP contribution >= 0.6 is 11.8 Å². The third-order valence-electron chi connectivity index (χ3n) is 4.95. The van der Waals surface area contributed by atoms with E-state index in [4.69, 9.17) is 0 Å². The molecule has 1 fully saturated rings. The van der Waals surface area contributed by atoms with E-state index in [0.29, 0.717) is 17.2 Å². The Labute approximate surface area is 159 Å². The van der Waals surface area contributed by atoms with Gasteiger partial charge in [-0.25, -0.2) is 0 Å². The number of likely N-dealkylation sites (tertiary alicyclic amines) is 1. The third kappa shape index (κ3) is 4.27. The number of hydrogen-bond acceptors (Lipinski definition) is 3. The monoisotopic (exact) mass is 366 g/mol. The molecule has 2 aromatic rings. The standard InChI is InChI=1S/C21H23N3OS/c1-2-24-13-7-9-17(24)15-23-21(25)18-10-4-6-12-20(18)26-19-11-5-3-8-16(19)14-22/h3-6,8,10-12,17H,2,7,9,13,15H2,1H3,(H,23,25)/p+1/t17-/m1/s1. The van der Waals surface area contributed by atoms with Crippen LogP contribution in [-0.2, 0) is 0 Å². The number of quaternary nitrogens is 1. The zero-order valence-corrected chi connectivity index (χ0v) is 15.8. The molecule has 26 heavy (non-hydrogen) atoms. The number of amides is 1. The highest BCUT2D eigenvalue weighted by Gasteiger charge is 2.27. The van der Waals surface area contributed by atoms with Crippen LogP contribution in [0.1, 0.15) is 35.7 Å². The molecule has 1 amide bonds. The highest BCUT2D eigenvalue weighted by Crippen LogP contribution is 2.32. The number of nitrogens with zero attached hydrogens (tertiary/aromatic N) is 1. The summed E-state index contributed by atoms with van der Waals surface area (Å²) >= 11 is 1.47. The lowest BCUT2D eigenvalue weighted by Gasteiger charge is -2.20. The Morgan fingerprint density at radius 3 is 2.73 bits per heavy atom. The summed E-state index contributed by atoms with van der Waals surface area (Å²) in [6.07, 6.45) is 2.41. The van der Waals surface area contributed by atoms with E-state index < -0.39 is 0 Å². The van der Waals surface area contributed by atoms with E-state index in [1.807, 2.05) is 42.5 Å². The van der Waals surface area contributed by atoms with Crippen molar-refractivity contribution in [1.29, 1.82) is 5.26 Å². The van der Waals surface area contributed by atoms with Gasteiger partial charge in [-0.1, -0.05) is 36.0 Å². The third-order valence-corrected chi connectivity index (χ3v) is 6.10.